The van der Waals surface area contributed by atoms with Gasteiger partial charge in [-0.3, -0.25) is 0 Å². The van der Waals surface area contributed by atoms with Gasteiger partial charge in [0.25, 0.3) is 0 Å². The summed E-state index contributed by atoms with van der Waals surface area (Å²) in [4.78, 5) is 0. The number of aliphatic hydroxyl groups is 2. The molecule has 0 aromatic rings. The second-order valence-electron chi connectivity index (χ2n) is 6.62. The fourth-order valence-electron chi connectivity index (χ4n) is 2.86. The van der Waals surface area contributed by atoms with E-state index in [4.69, 9.17) is 0 Å². The lowest BCUT2D eigenvalue weighted by Crippen LogP contribution is -2.04. The minimum Gasteiger partial charge on any atom is -0.393 e. The van der Waals surface area contributed by atoms with Gasteiger partial charge in [-0.15, -0.1) is 0 Å². The summed E-state index contributed by atoms with van der Waals surface area (Å²) in [6.07, 6.45) is 17.9. The summed E-state index contributed by atoms with van der Waals surface area (Å²) in [7, 11) is 0. The van der Waals surface area contributed by atoms with E-state index >= 15 is 0 Å². The number of aliphatic hydroxyl groups excluding tert-OH is 2. The predicted molar refractivity (Wildman–Crippen MR) is 92.6 cm³/mol. The van der Waals surface area contributed by atoms with Gasteiger partial charge in [0.15, 0.2) is 0 Å². The van der Waals surface area contributed by atoms with Gasteiger partial charge in [-0.05, 0) is 25.7 Å². The quantitative estimate of drug-likeness (QED) is 0.364. The smallest absolute Gasteiger partial charge is 0.0540 e. The molecule has 0 amide bonds. The third-order valence-electron chi connectivity index (χ3n) is 4.42. The molecule has 2 heteroatoms. The van der Waals surface area contributed by atoms with E-state index < -0.39 is 0 Å². The summed E-state index contributed by atoms with van der Waals surface area (Å²) in [5, 5.41) is 19.1. The van der Waals surface area contributed by atoms with Crippen LogP contribution in [0.15, 0.2) is 0 Å². The van der Waals surface area contributed by atoms with Crippen LogP contribution in [0.25, 0.3) is 0 Å². The second-order valence-corrected chi connectivity index (χ2v) is 6.62. The molecule has 0 aliphatic carbocycles. The van der Waals surface area contributed by atoms with Crippen molar-refractivity contribution >= 4 is 0 Å². The average molecular weight is 301 g/mol. The van der Waals surface area contributed by atoms with Crippen LogP contribution in [0, 0.1) is 0 Å². The Kier molecular flexibility index (Phi) is 16.2. The van der Waals surface area contributed by atoms with Crippen molar-refractivity contribution in [2.75, 3.05) is 0 Å². The first kappa shape index (κ1) is 20.9. The van der Waals surface area contributed by atoms with Crippen molar-refractivity contribution in [2.24, 2.45) is 0 Å². The Labute approximate surface area is 133 Å². The molecule has 2 atom stereocenters. The third kappa shape index (κ3) is 16.1. The van der Waals surface area contributed by atoms with Crippen LogP contribution in [0.5, 0.6) is 0 Å². The Morgan fingerprint density at radius 2 is 0.905 bits per heavy atom. The number of rotatable bonds is 16. The maximum absolute atomic E-state index is 9.63. The molecule has 0 fully saturated rings. The van der Waals surface area contributed by atoms with Crippen LogP contribution in [0.4, 0.5) is 0 Å². The highest BCUT2D eigenvalue weighted by Crippen LogP contribution is 2.14. The first-order valence-electron chi connectivity index (χ1n) is 9.56. The lowest BCUT2D eigenvalue weighted by Gasteiger charge is -2.08. The molecule has 21 heavy (non-hydrogen) atoms. The minimum absolute atomic E-state index is 0.0544. The summed E-state index contributed by atoms with van der Waals surface area (Å²) in [6, 6.07) is 0. The van der Waals surface area contributed by atoms with Crippen molar-refractivity contribution < 1.29 is 10.2 Å². The Balaban J connectivity index is 3.06. The zero-order chi connectivity index (χ0) is 15.8. The van der Waals surface area contributed by atoms with E-state index in [1.165, 1.54) is 64.2 Å². The van der Waals surface area contributed by atoms with E-state index in [-0.39, 0.29) is 12.2 Å². The topological polar surface area (TPSA) is 40.5 Å². The summed E-state index contributed by atoms with van der Waals surface area (Å²) in [5.74, 6) is 0. The van der Waals surface area contributed by atoms with Gasteiger partial charge in [0.2, 0.25) is 0 Å². The largest absolute Gasteiger partial charge is 0.393 e. The van der Waals surface area contributed by atoms with Gasteiger partial charge < -0.3 is 10.2 Å². The highest BCUT2D eigenvalue weighted by Gasteiger charge is 2.02. The van der Waals surface area contributed by atoms with Crippen LogP contribution in [0.2, 0.25) is 0 Å². The molecule has 0 aromatic carbocycles. The van der Waals surface area contributed by atoms with Crippen LogP contribution in [0.3, 0.4) is 0 Å². The molecule has 0 heterocycles. The van der Waals surface area contributed by atoms with Gasteiger partial charge in [-0.25, -0.2) is 0 Å². The van der Waals surface area contributed by atoms with E-state index in [2.05, 4.69) is 13.8 Å². The molecule has 2 N–H and O–H groups in total. The first-order valence-corrected chi connectivity index (χ1v) is 9.56. The lowest BCUT2D eigenvalue weighted by atomic mass is 10.0. The summed E-state index contributed by atoms with van der Waals surface area (Å²) >= 11 is 0. The Morgan fingerprint density at radius 1 is 0.524 bits per heavy atom. The highest BCUT2D eigenvalue weighted by atomic mass is 16.3. The standard InChI is InChI=1S/C19H40O2/c1-3-15-19(21)17-14-12-10-8-6-5-7-9-11-13-16-18(20)4-2/h18-21H,3-17H2,1-2H3. The normalized spacial score (nSPS) is 14.3. The Bertz CT molecular complexity index is 194. The first-order chi connectivity index (χ1) is 10.2. The Morgan fingerprint density at radius 3 is 1.29 bits per heavy atom. The van der Waals surface area contributed by atoms with Crippen LogP contribution < -0.4 is 0 Å². The van der Waals surface area contributed by atoms with Crippen LogP contribution in [0.1, 0.15) is 110 Å². The van der Waals surface area contributed by atoms with E-state index in [1.54, 1.807) is 0 Å². The molecule has 128 valence electrons. The van der Waals surface area contributed by atoms with Crippen molar-refractivity contribution in [1.82, 2.24) is 0 Å². The van der Waals surface area contributed by atoms with Gasteiger partial charge in [0.1, 0.15) is 0 Å². The maximum atomic E-state index is 9.63. The third-order valence-corrected chi connectivity index (χ3v) is 4.42. The van der Waals surface area contributed by atoms with Crippen molar-refractivity contribution in [3.8, 4) is 0 Å². The molecule has 0 saturated heterocycles. The minimum atomic E-state index is -0.0687. The highest BCUT2D eigenvalue weighted by molar-refractivity contribution is 4.56. The number of hydrogen-bond acceptors (Lipinski definition) is 2. The SMILES string of the molecule is CCCC(O)CCCCCCCCCCCCC(O)CC. The fraction of sp³-hybridized carbons (Fsp3) is 1.00. The van der Waals surface area contributed by atoms with Gasteiger partial charge >= 0.3 is 0 Å². The summed E-state index contributed by atoms with van der Waals surface area (Å²) in [5.41, 5.74) is 0. The molecule has 0 saturated carbocycles. The van der Waals surface area contributed by atoms with E-state index in [0.29, 0.717) is 0 Å². The molecule has 0 aliphatic heterocycles. The lowest BCUT2D eigenvalue weighted by molar-refractivity contribution is 0.150. The van der Waals surface area contributed by atoms with Crippen LogP contribution in [-0.2, 0) is 0 Å². The molecule has 0 radical (unpaired) electrons. The second kappa shape index (κ2) is 16.3. The molecule has 0 aromatic heterocycles. The average Bonchev–Trinajstić information content (AvgIpc) is 2.48. The van der Waals surface area contributed by atoms with Gasteiger partial charge in [0.05, 0.1) is 12.2 Å². The zero-order valence-electron chi connectivity index (χ0n) is 14.7. The van der Waals surface area contributed by atoms with Crippen molar-refractivity contribution in [3.05, 3.63) is 0 Å². The van der Waals surface area contributed by atoms with Crippen LogP contribution >= 0.6 is 0 Å². The van der Waals surface area contributed by atoms with Gasteiger partial charge in [-0.1, -0.05) is 84.5 Å². The molecule has 0 aliphatic rings. The monoisotopic (exact) mass is 300 g/mol. The van der Waals surface area contributed by atoms with E-state index in [9.17, 15) is 10.2 Å². The molecular weight excluding hydrogens is 260 g/mol. The molecule has 2 nitrogen and oxygen atoms in total. The van der Waals surface area contributed by atoms with Gasteiger partial charge in [-0.2, -0.15) is 0 Å². The Hall–Kier alpha value is -0.0800. The summed E-state index contributed by atoms with van der Waals surface area (Å²) < 4.78 is 0. The molecule has 0 rings (SSSR count). The van der Waals surface area contributed by atoms with Crippen molar-refractivity contribution in [2.45, 2.75) is 122 Å². The number of hydrogen-bond donors (Lipinski definition) is 2. The molecule has 0 bridgehead atoms. The summed E-state index contributed by atoms with van der Waals surface area (Å²) in [6.45, 7) is 4.18. The van der Waals surface area contributed by atoms with Gasteiger partial charge in [0, 0.05) is 0 Å². The van der Waals surface area contributed by atoms with Crippen molar-refractivity contribution in [1.29, 1.82) is 0 Å². The zero-order valence-corrected chi connectivity index (χ0v) is 14.7. The molecule has 0 spiro atoms. The molecule has 2 unspecified atom stereocenters. The fourth-order valence-corrected chi connectivity index (χ4v) is 2.86. The van der Waals surface area contributed by atoms with E-state index in [0.717, 1.165) is 32.1 Å². The van der Waals surface area contributed by atoms with Crippen LogP contribution in [-0.4, -0.2) is 22.4 Å². The molecular formula is C19H40O2. The van der Waals surface area contributed by atoms with Crippen molar-refractivity contribution in [3.63, 3.8) is 0 Å². The van der Waals surface area contributed by atoms with E-state index in [1.807, 2.05) is 0 Å². The maximum Gasteiger partial charge on any atom is 0.0540 e. The predicted octanol–water partition coefficient (Wildman–Crippen LogP) is 5.60. The number of unbranched alkanes of at least 4 members (excludes halogenated alkanes) is 9.